The number of nitrogens with zero attached hydrogens (tertiary/aromatic N) is 5. The van der Waals surface area contributed by atoms with Crippen molar-refractivity contribution in [1.29, 1.82) is 0 Å². The Morgan fingerprint density at radius 3 is 2.43 bits per heavy atom. The fourth-order valence-electron chi connectivity index (χ4n) is 3.71. The summed E-state index contributed by atoms with van der Waals surface area (Å²) in [5, 5.41) is 9.44. The van der Waals surface area contributed by atoms with Gasteiger partial charge in [-0.3, -0.25) is 10.00 Å². The van der Waals surface area contributed by atoms with Crippen molar-refractivity contribution >= 4 is 17.5 Å². The van der Waals surface area contributed by atoms with E-state index in [4.69, 9.17) is 4.74 Å². The van der Waals surface area contributed by atoms with Crippen LogP contribution in [0.15, 0.2) is 6.07 Å². The first-order valence-electron chi connectivity index (χ1n) is 9.92. The van der Waals surface area contributed by atoms with Crippen molar-refractivity contribution in [2.45, 2.75) is 31.0 Å². The molecule has 0 aromatic carbocycles. The van der Waals surface area contributed by atoms with E-state index in [2.05, 4.69) is 30.4 Å². The van der Waals surface area contributed by atoms with E-state index in [0.717, 1.165) is 18.5 Å². The Balaban J connectivity index is 1.40. The number of anilines is 3. The second kappa shape index (κ2) is 7.34. The number of alkyl halides is 3. The molecule has 4 heterocycles. The summed E-state index contributed by atoms with van der Waals surface area (Å²) in [6.45, 7) is 3.25. The average molecular weight is 427 g/mol. The number of piperazine rings is 1. The molecule has 162 valence electrons. The first kappa shape index (κ1) is 19.5. The third-order valence-corrected chi connectivity index (χ3v) is 5.70. The lowest BCUT2D eigenvalue weighted by Crippen LogP contribution is -2.56. The SMILES string of the molecule is Fc1c(Nc2cc(C3CC3)[nH]n2)nc(C(F)(F)F)nc1N1CCN(C2COC2)CC1. The molecule has 3 fully saturated rings. The molecule has 2 saturated heterocycles. The highest BCUT2D eigenvalue weighted by Crippen LogP contribution is 2.40. The molecule has 8 nitrogen and oxygen atoms in total. The Morgan fingerprint density at radius 2 is 1.83 bits per heavy atom. The van der Waals surface area contributed by atoms with Crippen LogP contribution in [0.5, 0.6) is 0 Å². The molecule has 12 heteroatoms. The van der Waals surface area contributed by atoms with E-state index in [1.165, 1.54) is 4.90 Å². The predicted molar refractivity (Wildman–Crippen MR) is 99.2 cm³/mol. The minimum Gasteiger partial charge on any atom is -0.378 e. The number of halogens is 4. The normalized spacial score (nSPS) is 21.0. The van der Waals surface area contributed by atoms with Gasteiger partial charge in [0.25, 0.3) is 0 Å². The van der Waals surface area contributed by atoms with Gasteiger partial charge in [-0.05, 0) is 12.8 Å². The molecule has 3 aliphatic rings. The van der Waals surface area contributed by atoms with E-state index >= 15 is 4.39 Å². The Kier molecular flexibility index (Phi) is 4.77. The molecule has 1 aliphatic carbocycles. The van der Waals surface area contributed by atoms with Crippen LogP contribution in [-0.4, -0.2) is 70.5 Å². The van der Waals surface area contributed by atoms with Crippen molar-refractivity contribution in [2.75, 3.05) is 49.6 Å². The molecule has 5 rings (SSSR count). The molecule has 2 aromatic rings. The van der Waals surface area contributed by atoms with Gasteiger partial charge in [0.05, 0.1) is 19.3 Å². The molecule has 30 heavy (non-hydrogen) atoms. The first-order chi connectivity index (χ1) is 14.4. The lowest BCUT2D eigenvalue weighted by molar-refractivity contribution is -0.144. The van der Waals surface area contributed by atoms with Gasteiger partial charge in [-0.2, -0.15) is 22.7 Å². The van der Waals surface area contributed by atoms with E-state index in [1.54, 1.807) is 6.07 Å². The highest BCUT2D eigenvalue weighted by atomic mass is 19.4. The topological polar surface area (TPSA) is 82.2 Å². The van der Waals surface area contributed by atoms with E-state index in [9.17, 15) is 13.2 Å². The Labute approximate surface area is 169 Å². The third kappa shape index (κ3) is 3.81. The number of aromatic amines is 1. The molecular formula is C18H21F4N7O. The van der Waals surface area contributed by atoms with E-state index in [-0.39, 0.29) is 11.6 Å². The maximum absolute atomic E-state index is 15.2. The van der Waals surface area contributed by atoms with Crippen LogP contribution in [0.25, 0.3) is 0 Å². The summed E-state index contributed by atoms with van der Waals surface area (Å²) in [5.74, 6) is -2.57. The maximum Gasteiger partial charge on any atom is 0.451 e. The summed E-state index contributed by atoms with van der Waals surface area (Å²) in [5.41, 5.74) is 0.874. The second-order valence-electron chi connectivity index (χ2n) is 7.85. The summed E-state index contributed by atoms with van der Waals surface area (Å²) < 4.78 is 60.5. The number of ether oxygens (including phenoxy) is 1. The molecule has 0 atom stereocenters. The Bertz CT molecular complexity index is 918. The van der Waals surface area contributed by atoms with E-state index < -0.39 is 23.6 Å². The summed E-state index contributed by atoms with van der Waals surface area (Å²) >= 11 is 0. The minimum absolute atomic E-state index is 0.225. The Hall–Kier alpha value is -2.47. The van der Waals surface area contributed by atoms with Gasteiger partial charge in [0.15, 0.2) is 17.5 Å². The quantitative estimate of drug-likeness (QED) is 0.710. The van der Waals surface area contributed by atoms with Crippen LogP contribution < -0.4 is 10.2 Å². The van der Waals surface area contributed by atoms with Crippen LogP contribution in [0.4, 0.5) is 35.0 Å². The molecule has 0 bridgehead atoms. The summed E-state index contributed by atoms with van der Waals surface area (Å²) in [4.78, 5) is 10.7. The van der Waals surface area contributed by atoms with Gasteiger partial charge in [0.2, 0.25) is 11.6 Å². The third-order valence-electron chi connectivity index (χ3n) is 5.70. The highest BCUT2D eigenvalue weighted by Gasteiger charge is 2.38. The molecule has 1 saturated carbocycles. The zero-order valence-electron chi connectivity index (χ0n) is 16.0. The zero-order chi connectivity index (χ0) is 20.9. The van der Waals surface area contributed by atoms with Crippen molar-refractivity contribution in [3.05, 3.63) is 23.4 Å². The van der Waals surface area contributed by atoms with Gasteiger partial charge in [-0.25, -0.2) is 9.97 Å². The van der Waals surface area contributed by atoms with Crippen molar-refractivity contribution in [3.63, 3.8) is 0 Å². The van der Waals surface area contributed by atoms with Crippen molar-refractivity contribution in [3.8, 4) is 0 Å². The molecule has 2 N–H and O–H groups in total. The monoisotopic (exact) mass is 427 g/mol. The van der Waals surface area contributed by atoms with Crippen molar-refractivity contribution < 1.29 is 22.3 Å². The second-order valence-corrected chi connectivity index (χ2v) is 7.85. The van der Waals surface area contributed by atoms with Crippen LogP contribution in [0.1, 0.15) is 30.3 Å². The molecular weight excluding hydrogens is 406 g/mol. The van der Waals surface area contributed by atoms with Crippen LogP contribution in [0, 0.1) is 5.82 Å². The summed E-state index contributed by atoms with van der Waals surface area (Å²) in [7, 11) is 0. The smallest absolute Gasteiger partial charge is 0.378 e. The average Bonchev–Trinajstić information content (AvgIpc) is 3.41. The van der Waals surface area contributed by atoms with Crippen LogP contribution >= 0.6 is 0 Å². The molecule has 2 aromatic heterocycles. The van der Waals surface area contributed by atoms with Gasteiger partial charge >= 0.3 is 6.18 Å². The minimum atomic E-state index is -4.80. The molecule has 0 radical (unpaired) electrons. The van der Waals surface area contributed by atoms with Gasteiger partial charge in [0, 0.05) is 43.9 Å². The fourth-order valence-corrected chi connectivity index (χ4v) is 3.71. The first-order valence-corrected chi connectivity index (χ1v) is 9.92. The van der Waals surface area contributed by atoms with Crippen LogP contribution in [0.3, 0.4) is 0 Å². The Morgan fingerprint density at radius 1 is 1.10 bits per heavy atom. The standard InChI is InChI=1S/C18H21F4N7O/c19-14-15(23-13-7-12(26-27-13)10-1-2-10)24-17(18(20,21)22)25-16(14)29-5-3-28(4-6-29)11-8-30-9-11/h7,10-11H,1-6,8-9H2,(H2,23,24,25,26,27). The van der Waals surface area contributed by atoms with Crippen molar-refractivity contribution in [2.24, 2.45) is 0 Å². The zero-order valence-corrected chi connectivity index (χ0v) is 16.0. The predicted octanol–water partition coefficient (Wildman–Crippen LogP) is 2.50. The number of H-pyrrole nitrogens is 1. The molecule has 2 aliphatic heterocycles. The van der Waals surface area contributed by atoms with E-state index in [0.29, 0.717) is 51.4 Å². The van der Waals surface area contributed by atoms with E-state index in [1.807, 2.05) is 0 Å². The van der Waals surface area contributed by atoms with Gasteiger partial charge < -0.3 is 15.0 Å². The fraction of sp³-hybridized carbons (Fsp3) is 0.611. The highest BCUT2D eigenvalue weighted by molar-refractivity contribution is 5.59. The maximum atomic E-state index is 15.2. The molecule has 0 unspecified atom stereocenters. The number of rotatable bonds is 5. The lowest BCUT2D eigenvalue weighted by Gasteiger charge is -2.42. The number of aromatic nitrogens is 4. The lowest BCUT2D eigenvalue weighted by atomic mass is 10.2. The molecule has 0 amide bonds. The van der Waals surface area contributed by atoms with Gasteiger partial charge in [0.1, 0.15) is 0 Å². The number of hydrogen-bond donors (Lipinski definition) is 2. The summed E-state index contributed by atoms with van der Waals surface area (Å²) in [6, 6.07) is 2.00. The van der Waals surface area contributed by atoms with Crippen molar-refractivity contribution in [1.82, 2.24) is 25.1 Å². The summed E-state index contributed by atoms with van der Waals surface area (Å²) in [6.07, 6.45) is -2.73. The van der Waals surface area contributed by atoms with Crippen LogP contribution in [-0.2, 0) is 10.9 Å². The largest absolute Gasteiger partial charge is 0.451 e. The number of hydrogen-bond acceptors (Lipinski definition) is 7. The van der Waals surface area contributed by atoms with Gasteiger partial charge in [-0.1, -0.05) is 0 Å². The number of nitrogens with one attached hydrogen (secondary N) is 2. The van der Waals surface area contributed by atoms with Crippen LogP contribution in [0.2, 0.25) is 0 Å². The van der Waals surface area contributed by atoms with Gasteiger partial charge in [-0.15, -0.1) is 0 Å². The molecule has 0 spiro atoms.